The van der Waals surface area contributed by atoms with E-state index in [0.29, 0.717) is 6.54 Å². The van der Waals surface area contributed by atoms with Crippen molar-refractivity contribution in [3.8, 4) is 0 Å². The molecule has 0 bridgehead atoms. The van der Waals surface area contributed by atoms with Gasteiger partial charge >= 0.3 is 0 Å². The first-order valence-corrected chi connectivity index (χ1v) is 8.57. The molecule has 1 saturated heterocycles. The molecular formula is C15H17N3O2S. The number of benzene rings is 1. The fourth-order valence-electron chi connectivity index (χ4n) is 2.73. The molecule has 0 aliphatic carbocycles. The molecule has 3 rings (SSSR count). The van der Waals surface area contributed by atoms with Crippen molar-refractivity contribution >= 4 is 10.0 Å². The van der Waals surface area contributed by atoms with Gasteiger partial charge in [-0.3, -0.25) is 0 Å². The Morgan fingerprint density at radius 2 is 2.00 bits per heavy atom. The van der Waals surface area contributed by atoms with Crippen LogP contribution in [0.1, 0.15) is 30.1 Å². The van der Waals surface area contributed by atoms with Gasteiger partial charge in [0.2, 0.25) is 10.0 Å². The van der Waals surface area contributed by atoms with Crippen molar-refractivity contribution < 1.29 is 8.42 Å². The highest BCUT2D eigenvalue weighted by molar-refractivity contribution is 7.88. The molecule has 0 amide bonds. The van der Waals surface area contributed by atoms with Crippen molar-refractivity contribution in [2.24, 2.45) is 0 Å². The van der Waals surface area contributed by atoms with Crippen molar-refractivity contribution in [1.82, 2.24) is 14.3 Å². The van der Waals surface area contributed by atoms with E-state index in [-0.39, 0.29) is 11.8 Å². The highest BCUT2D eigenvalue weighted by Gasteiger charge is 2.35. The summed E-state index contributed by atoms with van der Waals surface area (Å²) >= 11 is 0. The molecule has 0 unspecified atom stereocenters. The Morgan fingerprint density at radius 1 is 1.19 bits per heavy atom. The number of hydrogen-bond donors (Lipinski definition) is 0. The molecule has 0 N–H and O–H groups in total. The van der Waals surface area contributed by atoms with Crippen molar-refractivity contribution in [3.05, 3.63) is 60.2 Å². The standard InChI is InChI=1S/C15H17N3O2S/c19-21(20,11-13-5-2-1-3-6-13)18-10-4-7-15(18)14-8-9-16-12-17-14/h1-3,5-6,8-9,12,15H,4,7,10-11H2/t15-/m1/s1. The van der Waals surface area contributed by atoms with Gasteiger partial charge in [0.05, 0.1) is 17.5 Å². The summed E-state index contributed by atoms with van der Waals surface area (Å²) < 4.78 is 26.9. The highest BCUT2D eigenvalue weighted by Crippen LogP contribution is 2.33. The molecule has 5 nitrogen and oxygen atoms in total. The van der Waals surface area contributed by atoms with Crippen LogP contribution in [0.5, 0.6) is 0 Å². The lowest BCUT2D eigenvalue weighted by Gasteiger charge is -2.23. The molecule has 1 fully saturated rings. The average Bonchev–Trinajstić information content (AvgIpc) is 2.99. The molecule has 2 heterocycles. The number of sulfonamides is 1. The van der Waals surface area contributed by atoms with Crippen LogP contribution in [-0.2, 0) is 15.8 Å². The third-order valence-corrected chi connectivity index (χ3v) is 5.55. The summed E-state index contributed by atoms with van der Waals surface area (Å²) in [4.78, 5) is 8.11. The third kappa shape index (κ3) is 3.11. The van der Waals surface area contributed by atoms with Gasteiger partial charge in [-0.05, 0) is 24.5 Å². The smallest absolute Gasteiger partial charge is 0.218 e. The first-order valence-electron chi connectivity index (χ1n) is 6.96. The van der Waals surface area contributed by atoms with Crippen LogP contribution >= 0.6 is 0 Å². The zero-order valence-corrected chi connectivity index (χ0v) is 12.4. The van der Waals surface area contributed by atoms with Gasteiger partial charge in [-0.1, -0.05) is 30.3 Å². The zero-order chi connectivity index (χ0) is 14.7. The Balaban J connectivity index is 1.84. The Labute approximate surface area is 124 Å². The molecule has 21 heavy (non-hydrogen) atoms. The molecule has 0 radical (unpaired) electrons. The van der Waals surface area contributed by atoms with E-state index in [2.05, 4.69) is 9.97 Å². The minimum atomic E-state index is -3.34. The molecule has 6 heteroatoms. The van der Waals surface area contributed by atoms with E-state index in [1.54, 1.807) is 16.6 Å². The number of hydrogen-bond acceptors (Lipinski definition) is 4. The molecule has 1 aromatic heterocycles. The van der Waals surface area contributed by atoms with Crippen LogP contribution in [0.3, 0.4) is 0 Å². The van der Waals surface area contributed by atoms with Gasteiger partial charge in [0.15, 0.2) is 0 Å². The normalized spacial score (nSPS) is 19.7. The number of rotatable bonds is 4. The molecular weight excluding hydrogens is 286 g/mol. The Bertz CT molecular complexity index is 689. The van der Waals surface area contributed by atoms with Crippen LogP contribution < -0.4 is 0 Å². The maximum absolute atomic E-state index is 12.7. The zero-order valence-electron chi connectivity index (χ0n) is 11.6. The molecule has 0 saturated carbocycles. The molecule has 1 aliphatic rings. The SMILES string of the molecule is O=S(=O)(Cc1ccccc1)N1CCC[C@@H]1c1ccncn1. The molecule has 110 valence electrons. The van der Waals surface area contributed by atoms with E-state index in [1.807, 2.05) is 30.3 Å². The van der Waals surface area contributed by atoms with E-state index >= 15 is 0 Å². The van der Waals surface area contributed by atoms with Crippen LogP contribution in [0, 0.1) is 0 Å². The third-order valence-electron chi connectivity index (χ3n) is 3.70. The van der Waals surface area contributed by atoms with E-state index in [9.17, 15) is 8.42 Å². The molecule has 0 spiro atoms. The van der Waals surface area contributed by atoms with Gasteiger partial charge in [-0.15, -0.1) is 0 Å². The lowest BCUT2D eigenvalue weighted by molar-refractivity contribution is 0.389. The fraction of sp³-hybridized carbons (Fsp3) is 0.333. The summed E-state index contributed by atoms with van der Waals surface area (Å²) in [7, 11) is -3.34. The molecule has 1 aliphatic heterocycles. The van der Waals surface area contributed by atoms with Gasteiger partial charge in [-0.25, -0.2) is 18.4 Å². The monoisotopic (exact) mass is 303 g/mol. The second-order valence-corrected chi connectivity index (χ2v) is 7.07. The van der Waals surface area contributed by atoms with E-state index in [4.69, 9.17) is 0 Å². The topological polar surface area (TPSA) is 63.2 Å². The van der Waals surface area contributed by atoms with E-state index in [0.717, 1.165) is 24.1 Å². The fourth-order valence-corrected chi connectivity index (χ4v) is 4.52. The minimum Gasteiger partial charge on any atom is -0.245 e. The van der Waals surface area contributed by atoms with Gasteiger partial charge in [0.25, 0.3) is 0 Å². The van der Waals surface area contributed by atoms with Gasteiger partial charge < -0.3 is 0 Å². The summed E-state index contributed by atoms with van der Waals surface area (Å²) in [6, 6.07) is 10.9. The predicted octanol–water partition coefficient (Wildman–Crippen LogP) is 2.14. The summed E-state index contributed by atoms with van der Waals surface area (Å²) in [5.41, 5.74) is 1.59. The Kier molecular flexibility index (Phi) is 3.98. The second-order valence-electron chi connectivity index (χ2n) is 5.14. The van der Waals surface area contributed by atoms with E-state index < -0.39 is 10.0 Å². The largest absolute Gasteiger partial charge is 0.245 e. The van der Waals surface area contributed by atoms with Gasteiger partial charge in [-0.2, -0.15) is 4.31 Å². The lowest BCUT2D eigenvalue weighted by atomic mass is 10.1. The quantitative estimate of drug-likeness (QED) is 0.868. The summed E-state index contributed by atoms with van der Waals surface area (Å²) in [5.74, 6) is 0.0371. The first-order chi connectivity index (χ1) is 10.2. The average molecular weight is 303 g/mol. The summed E-state index contributed by atoms with van der Waals surface area (Å²) in [6.45, 7) is 0.559. The van der Waals surface area contributed by atoms with Crippen molar-refractivity contribution in [1.29, 1.82) is 0 Å². The highest BCUT2D eigenvalue weighted by atomic mass is 32.2. The molecule has 2 aromatic rings. The Morgan fingerprint density at radius 3 is 2.71 bits per heavy atom. The number of nitrogens with zero attached hydrogens (tertiary/aromatic N) is 3. The predicted molar refractivity (Wildman–Crippen MR) is 79.8 cm³/mol. The first kappa shape index (κ1) is 14.2. The molecule has 1 aromatic carbocycles. The minimum absolute atomic E-state index is 0.0371. The second kappa shape index (κ2) is 5.91. The van der Waals surface area contributed by atoms with Gasteiger partial charge in [0.1, 0.15) is 6.33 Å². The van der Waals surface area contributed by atoms with Crippen molar-refractivity contribution in [3.63, 3.8) is 0 Å². The lowest BCUT2D eigenvalue weighted by Crippen LogP contribution is -2.32. The maximum Gasteiger partial charge on any atom is 0.218 e. The van der Waals surface area contributed by atoms with Crippen LogP contribution in [0.4, 0.5) is 0 Å². The summed E-state index contributed by atoms with van der Waals surface area (Å²) in [5, 5.41) is 0. The number of aromatic nitrogens is 2. The summed E-state index contributed by atoms with van der Waals surface area (Å²) in [6.07, 6.45) is 4.80. The van der Waals surface area contributed by atoms with Crippen molar-refractivity contribution in [2.75, 3.05) is 6.54 Å². The van der Waals surface area contributed by atoms with Crippen molar-refractivity contribution in [2.45, 2.75) is 24.6 Å². The van der Waals surface area contributed by atoms with Crippen LogP contribution in [0.15, 0.2) is 48.9 Å². The van der Waals surface area contributed by atoms with Gasteiger partial charge in [0, 0.05) is 12.7 Å². The van der Waals surface area contributed by atoms with Crippen LogP contribution in [-0.4, -0.2) is 29.2 Å². The maximum atomic E-state index is 12.7. The van der Waals surface area contributed by atoms with E-state index in [1.165, 1.54) is 6.33 Å². The Hall–Kier alpha value is -1.79. The van der Waals surface area contributed by atoms with Crippen LogP contribution in [0.2, 0.25) is 0 Å². The van der Waals surface area contributed by atoms with Crippen LogP contribution in [0.25, 0.3) is 0 Å². The molecule has 1 atom stereocenters.